The minimum absolute atomic E-state index is 0.0269. The van der Waals surface area contributed by atoms with Crippen molar-refractivity contribution in [3.05, 3.63) is 77.0 Å². The second-order valence-corrected chi connectivity index (χ2v) is 6.52. The van der Waals surface area contributed by atoms with E-state index in [9.17, 15) is 22.8 Å². The third-order valence-electron chi connectivity index (χ3n) is 4.34. The number of halogens is 3. The number of aliphatic hydroxyl groups excluding tert-OH is 1. The Kier molecular flexibility index (Phi) is 6.22. The lowest BCUT2D eigenvalue weighted by Gasteiger charge is -2.14. The molecule has 0 atom stereocenters. The maximum absolute atomic E-state index is 13.3. The lowest BCUT2D eigenvalue weighted by molar-refractivity contribution is -0.138. The highest BCUT2D eigenvalue weighted by molar-refractivity contribution is 6.00. The number of pyridine rings is 1. The fourth-order valence-corrected chi connectivity index (χ4v) is 2.79. The lowest BCUT2D eigenvalue weighted by Crippen LogP contribution is -2.15. The molecule has 0 unspecified atom stereocenters. The van der Waals surface area contributed by atoms with E-state index in [0.29, 0.717) is 11.6 Å². The molecular formula is C22H14F3N3O4. The quantitative estimate of drug-likeness (QED) is 0.562. The van der Waals surface area contributed by atoms with Gasteiger partial charge in [-0.05, 0) is 54.6 Å². The second-order valence-electron chi connectivity index (χ2n) is 6.52. The zero-order valence-electron chi connectivity index (χ0n) is 16.2. The van der Waals surface area contributed by atoms with Crippen molar-refractivity contribution in [2.45, 2.75) is 6.18 Å². The Hall–Kier alpha value is -4.23. The smallest absolute Gasteiger partial charge is 0.420 e. The van der Waals surface area contributed by atoms with Gasteiger partial charge in [-0.25, -0.2) is 4.98 Å². The minimum atomic E-state index is -4.73. The molecule has 0 aliphatic carbocycles. The van der Waals surface area contributed by atoms with Gasteiger partial charge in [-0.1, -0.05) is 0 Å². The molecule has 0 aliphatic rings. The van der Waals surface area contributed by atoms with E-state index in [0.717, 1.165) is 12.1 Å². The number of carbonyl (C=O) groups excluding carboxylic acids is 2. The molecule has 1 heterocycles. The third kappa shape index (κ3) is 4.91. The van der Waals surface area contributed by atoms with E-state index >= 15 is 0 Å². The maximum Gasteiger partial charge on any atom is 0.420 e. The summed E-state index contributed by atoms with van der Waals surface area (Å²) in [6, 6.07) is 12.8. The van der Waals surface area contributed by atoms with Gasteiger partial charge in [0.2, 0.25) is 0 Å². The number of nitrogens with zero attached hydrogens (tertiary/aromatic N) is 2. The monoisotopic (exact) mass is 441 g/mol. The van der Waals surface area contributed by atoms with E-state index in [1.54, 1.807) is 6.07 Å². The molecule has 3 N–H and O–H groups in total. The van der Waals surface area contributed by atoms with Crippen molar-refractivity contribution in [3.8, 4) is 28.8 Å². The number of hydrogen-bond acceptors (Lipinski definition) is 6. The Morgan fingerprint density at radius 2 is 1.78 bits per heavy atom. The number of aliphatic hydroxyl groups is 1. The standard InChI is InChI=1S/C22H14F3N3O4/c23-22(24,25)16-7-12(10-26)1-6-20(16)32-15-4-2-13(3-5-15)17-8-14(19(30)11-29)9-18(28-17)21(27)31/h1-9,29H,11H2,(H2,27,31). The van der Waals surface area contributed by atoms with Gasteiger partial charge in [0.05, 0.1) is 22.9 Å². The number of benzene rings is 2. The average Bonchev–Trinajstić information content (AvgIpc) is 2.78. The van der Waals surface area contributed by atoms with Crippen LogP contribution in [0.15, 0.2) is 54.6 Å². The first-order valence-electron chi connectivity index (χ1n) is 8.98. The van der Waals surface area contributed by atoms with Gasteiger partial charge in [-0.2, -0.15) is 18.4 Å². The van der Waals surface area contributed by atoms with Crippen molar-refractivity contribution < 1.29 is 32.6 Å². The van der Waals surface area contributed by atoms with E-state index in [4.69, 9.17) is 20.8 Å². The van der Waals surface area contributed by atoms with Crippen LogP contribution in [0.25, 0.3) is 11.3 Å². The lowest BCUT2D eigenvalue weighted by atomic mass is 10.1. The Bertz CT molecular complexity index is 1230. The molecule has 0 aliphatic heterocycles. The van der Waals surface area contributed by atoms with Crippen molar-refractivity contribution in [2.24, 2.45) is 5.73 Å². The van der Waals surface area contributed by atoms with Gasteiger partial charge in [-0.15, -0.1) is 0 Å². The molecule has 0 bridgehead atoms. The number of ketones is 1. The van der Waals surface area contributed by atoms with Crippen molar-refractivity contribution in [3.63, 3.8) is 0 Å². The number of Topliss-reactive ketones (excluding diaryl/α,β-unsaturated/α-hetero) is 1. The normalized spacial score (nSPS) is 11.0. The SMILES string of the molecule is N#Cc1ccc(Oc2ccc(-c3cc(C(=O)CO)cc(C(N)=O)n3)cc2)c(C(F)(F)F)c1. The predicted octanol–water partition coefficient (Wildman–Crippen LogP) is 3.71. The molecule has 0 saturated heterocycles. The highest BCUT2D eigenvalue weighted by Crippen LogP contribution is 2.39. The molecule has 3 rings (SSSR count). The van der Waals surface area contributed by atoms with Crippen LogP contribution in [0.1, 0.15) is 32.0 Å². The van der Waals surface area contributed by atoms with Crippen LogP contribution in [-0.2, 0) is 6.18 Å². The molecule has 32 heavy (non-hydrogen) atoms. The van der Waals surface area contributed by atoms with Crippen LogP contribution in [0.3, 0.4) is 0 Å². The first kappa shape index (κ1) is 22.5. The summed E-state index contributed by atoms with van der Waals surface area (Å²) in [5.74, 6) is -1.92. The van der Waals surface area contributed by atoms with Crippen molar-refractivity contribution in [1.82, 2.24) is 4.98 Å². The molecule has 0 spiro atoms. The van der Waals surface area contributed by atoms with E-state index in [1.165, 1.54) is 36.4 Å². The highest BCUT2D eigenvalue weighted by Gasteiger charge is 2.35. The summed E-state index contributed by atoms with van der Waals surface area (Å²) < 4.78 is 45.3. The molecule has 2 aromatic carbocycles. The molecular weight excluding hydrogens is 427 g/mol. The highest BCUT2D eigenvalue weighted by atomic mass is 19.4. The van der Waals surface area contributed by atoms with Crippen molar-refractivity contribution in [1.29, 1.82) is 5.26 Å². The summed E-state index contributed by atoms with van der Waals surface area (Å²) in [5.41, 5.74) is 4.44. The third-order valence-corrected chi connectivity index (χ3v) is 4.34. The van der Waals surface area contributed by atoms with Gasteiger partial charge in [0, 0.05) is 11.1 Å². The van der Waals surface area contributed by atoms with Crippen LogP contribution in [0.5, 0.6) is 11.5 Å². The number of alkyl halides is 3. The van der Waals surface area contributed by atoms with Crippen molar-refractivity contribution >= 4 is 11.7 Å². The average molecular weight is 441 g/mol. The van der Waals surface area contributed by atoms with E-state index in [-0.39, 0.29) is 28.3 Å². The molecule has 0 fully saturated rings. The summed E-state index contributed by atoms with van der Waals surface area (Å²) in [5, 5.41) is 17.9. The number of carbonyl (C=O) groups is 2. The number of ether oxygens (including phenoxy) is 1. The number of primary amides is 1. The number of rotatable bonds is 6. The molecule has 0 saturated carbocycles. The molecule has 7 nitrogen and oxygen atoms in total. The molecule has 0 radical (unpaired) electrons. The summed E-state index contributed by atoms with van der Waals surface area (Å²) in [4.78, 5) is 27.4. The topological polar surface area (TPSA) is 126 Å². The fraction of sp³-hybridized carbons (Fsp3) is 0.0909. The first-order chi connectivity index (χ1) is 15.1. The van der Waals surface area contributed by atoms with Crippen LogP contribution in [0, 0.1) is 11.3 Å². The van der Waals surface area contributed by atoms with Gasteiger partial charge >= 0.3 is 6.18 Å². The van der Waals surface area contributed by atoms with Gasteiger partial charge in [-0.3, -0.25) is 9.59 Å². The summed E-state index contributed by atoms with van der Waals surface area (Å²) in [6.45, 7) is -0.777. The van der Waals surface area contributed by atoms with Gasteiger partial charge in [0.25, 0.3) is 5.91 Å². The van der Waals surface area contributed by atoms with E-state index in [1.807, 2.05) is 0 Å². The summed E-state index contributed by atoms with van der Waals surface area (Å²) >= 11 is 0. The Labute approximate surface area is 179 Å². The van der Waals surface area contributed by atoms with Crippen molar-refractivity contribution in [2.75, 3.05) is 6.61 Å². The molecule has 1 amide bonds. The Morgan fingerprint density at radius 3 is 2.34 bits per heavy atom. The predicted molar refractivity (Wildman–Crippen MR) is 106 cm³/mol. The Balaban J connectivity index is 1.95. The minimum Gasteiger partial charge on any atom is -0.457 e. The van der Waals surface area contributed by atoms with Crippen LogP contribution >= 0.6 is 0 Å². The van der Waals surface area contributed by atoms with Crippen LogP contribution in [-0.4, -0.2) is 28.4 Å². The number of aromatic nitrogens is 1. The molecule has 3 aromatic rings. The number of amides is 1. The Morgan fingerprint density at radius 1 is 1.09 bits per heavy atom. The van der Waals surface area contributed by atoms with Gasteiger partial charge in [0.15, 0.2) is 5.78 Å². The molecule has 162 valence electrons. The van der Waals surface area contributed by atoms with Crippen LogP contribution in [0.4, 0.5) is 13.2 Å². The zero-order valence-corrected chi connectivity index (χ0v) is 16.2. The number of hydrogen-bond donors (Lipinski definition) is 2. The molecule has 10 heteroatoms. The van der Waals surface area contributed by atoms with E-state index < -0.39 is 35.8 Å². The first-order valence-corrected chi connectivity index (χ1v) is 8.98. The summed E-state index contributed by atoms with van der Waals surface area (Å²) in [6.07, 6.45) is -4.73. The largest absolute Gasteiger partial charge is 0.457 e. The number of nitrogens with two attached hydrogens (primary N) is 1. The summed E-state index contributed by atoms with van der Waals surface area (Å²) in [7, 11) is 0. The van der Waals surface area contributed by atoms with Crippen LogP contribution in [0.2, 0.25) is 0 Å². The van der Waals surface area contributed by atoms with E-state index in [2.05, 4.69) is 4.98 Å². The molecule has 1 aromatic heterocycles. The zero-order chi connectivity index (χ0) is 23.5. The van der Waals surface area contributed by atoms with Gasteiger partial charge in [0.1, 0.15) is 23.8 Å². The maximum atomic E-state index is 13.3. The van der Waals surface area contributed by atoms with Gasteiger partial charge < -0.3 is 15.6 Å². The fourth-order valence-electron chi connectivity index (χ4n) is 2.79. The second kappa shape index (κ2) is 8.87. The van der Waals surface area contributed by atoms with Crippen LogP contribution < -0.4 is 10.5 Å². The number of nitriles is 1.